The SMILES string of the molecule is Cc1csc(CNC(=O)NC(CCC(=O)O)Cc2ccccc2)n1. The number of carboxylic acids is 1. The van der Waals surface area contributed by atoms with Gasteiger partial charge in [0.2, 0.25) is 0 Å². The first kappa shape index (κ1) is 17.9. The van der Waals surface area contributed by atoms with E-state index in [1.165, 1.54) is 11.3 Å². The van der Waals surface area contributed by atoms with Crippen LogP contribution in [-0.2, 0) is 17.8 Å². The van der Waals surface area contributed by atoms with Crippen LogP contribution in [0.15, 0.2) is 35.7 Å². The normalized spacial score (nSPS) is 11.7. The molecular formula is C17H21N3O3S. The number of carbonyl (C=O) groups is 2. The van der Waals surface area contributed by atoms with Gasteiger partial charge in [-0.3, -0.25) is 4.79 Å². The highest BCUT2D eigenvalue weighted by molar-refractivity contribution is 7.09. The van der Waals surface area contributed by atoms with Crippen LogP contribution in [-0.4, -0.2) is 28.1 Å². The van der Waals surface area contributed by atoms with Crippen molar-refractivity contribution in [1.29, 1.82) is 0 Å². The Morgan fingerprint density at radius 3 is 2.67 bits per heavy atom. The number of aromatic nitrogens is 1. The molecule has 0 saturated carbocycles. The molecule has 0 spiro atoms. The minimum absolute atomic E-state index is 0.0173. The molecule has 1 heterocycles. The van der Waals surface area contributed by atoms with E-state index in [0.717, 1.165) is 16.3 Å². The van der Waals surface area contributed by atoms with Crippen molar-refractivity contribution in [2.45, 2.75) is 38.8 Å². The first-order valence-corrected chi connectivity index (χ1v) is 8.62. The summed E-state index contributed by atoms with van der Waals surface area (Å²) in [7, 11) is 0. The maximum absolute atomic E-state index is 12.1. The third-order valence-corrected chi connectivity index (χ3v) is 4.40. The standard InChI is InChI=1S/C17H21N3O3S/c1-12-11-24-15(19-12)10-18-17(23)20-14(7-8-16(21)22)9-13-5-3-2-4-6-13/h2-6,11,14H,7-10H2,1H3,(H,21,22)(H2,18,20,23). The number of carboxylic acid groups (broad SMARTS) is 1. The molecule has 0 saturated heterocycles. The third kappa shape index (κ3) is 6.37. The molecule has 24 heavy (non-hydrogen) atoms. The zero-order valence-corrected chi connectivity index (χ0v) is 14.3. The van der Waals surface area contributed by atoms with Gasteiger partial charge in [0.15, 0.2) is 0 Å². The van der Waals surface area contributed by atoms with E-state index in [4.69, 9.17) is 5.11 Å². The van der Waals surface area contributed by atoms with Crippen molar-refractivity contribution >= 4 is 23.3 Å². The Balaban J connectivity index is 1.88. The molecule has 0 radical (unpaired) electrons. The second-order valence-corrected chi connectivity index (χ2v) is 6.47. The lowest BCUT2D eigenvalue weighted by atomic mass is 10.0. The van der Waals surface area contributed by atoms with Crippen molar-refractivity contribution in [3.63, 3.8) is 0 Å². The monoisotopic (exact) mass is 347 g/mol. The van der Waals surface area contributed by atoms with Gasteiger partial charge in [-0.1, -0.05) is 30.3 Å². The molecule has 1 unspecified atom stereocenters. The van der Waals surface area contributed by atoms with E-state index >= 15 is 0 Å². The van der Waals surface area contributed by atoms with Gasteiger partial charge in [0.05, 0.1) is 6.54 Å². The van der Waals surface area contributed by atoms with Gasteiger partial charge in [-0.05, 0) is 25.3 Å². The van der Waals surface area contributed by atoms with Gasteiger partial charge in [0.1, 0.15) is 5.01 Å². The Bertz CT molecular complexity index is 673. The highest BCUT2D eigenvalue weighted by atomic mass is 32.1. The molecule has 1 aromatic heterocycles. The Kier molecular flexibility index (Phi) is 6.74. The number of hydrogen-bond donors (Lipinski definition) is 3. The molecule has 6 nitrogen and oxygen atoms in total. The number of aryl methyl sites for hydroxylation is 1. The van der Waals surface area contributed by atoms with Crippen LogP contribution in [0.4, 0.5) is 4.79 Å². The van der Waals surface area contributed by atoms with E-state index in [1.807, 2.05) is 42.6 Å². The van der Waals surface area contributed by atoms with Crippen molar-refractivity contribution in [2.75, 3.05) is 0 Å². The van der Waals surface area contributed by atoms with E-state index < -0.39 is 5.97 Å². The van der Waals surface area contributed by atoms with Gasteiger partial charge in [-0.25, -0.2) is 9.78 Å². The number of urea groups is 1. The molecule has 0 aliphatic heterocycles. The van der Waals surface area contributed by atoms with Crippen molar-refractivity contribution in [2.24, 2.45) is 0 Å². The molecule has 2 rings (SSSR count). The van der Waals surface area contributed by atoms with Crippen molar-refractivity contribution in [3.8, 4) is 0 Å². The molecule has 0 bridgehead atoms. The highest BCUT2D eigenvalue weighted by Gasteiger charge is 2.15. The smallest absolute Gasteiger partial charge is 0.315 e. The highest BCUT2D eigenvalue weighted by Crippen LogP contribution is 2.09. The van der Waals surface area contributed by atoms with Crippen molar-refractivity contribution in [1.82, 2.24) is 15.6 Å². The number of amides is 2. The average Bonchev–Trinajstić information content (AvgIpc) is 2.97. The molecule has 2 amide bonds. The number of nitrogens with zero attached hydrogens (tertiary/aromatic N) is 1. The van der Waals surface area contributed by atoms with E-state index in [2.05, 4.69) is 15.6 Å². The lowest BCUT2D eigenvalue weighted by Gasteiger charge is -2.18. The van der Waals surface area contributed by atoms with Crippen LogP contribution in [0.25, 0.3) is 0 Å². The molecule has 1 atom stereocenters. The Morgan fingerprint density at radius 2 is 2.04 bits per heavy atom. The van der Waals surface area contributed by atoms with Crippen LogP contribution in [0.1, 0.15) is 29.1 Å². The summed E-state index contributed by atoms with van der Waals surface area (Å²) in [5, 5.41) is 17.3. The Hall–Kier alpha value is -2.41. The van der Waals surface area contributed by atoms with Crippen LogP contribution >= 0.6 is 11.3 Å². The summed E-state index contributed by atoms with van der Waals surface area (Å²) in [6.45, 7) is 2.27. The molecule has 3 N–H and O–H groups in total. The van der Waals surface area contributed by atoms with Crippen LogP contribution in [0, 0.1) is 6.92 Å². The van der Waals surface area contributed by atoms with Gasteiger partial charge in [-0.2, -0.15) is 0 Å². The van der Waals surface area contributed by atoms with Gasteiger partial charge in [0.25, 0.3) is 0 Å². The lowest BCUT2D eigenvalue weighted by Crippen LogP contribution is -2.43. The number of hydrogen-bond acceptors (Lipinski definition) is 4. The summed E-state index contributed by atoms with van der Waals surface area (Å²) in [4.78, 5) is 27.2. The second kappa shape index (κ2) is 9.02. The fourth-order valence-electron chi connectivity index (χ4n) is 2.30. The third-order valence-electron chi connectivity index (χ3n) is 3.43. The van der Waals surface area contributed by atoms with Crippen LogP contribution in [0.3, 0.4) is 0 Å². The van der Waals surface area contributed by atoms with Crippen LogP contribution < -0.4 is 10.6 Å². The van der Waals surface area contributed by atoms with Gasteiger partial charge in [0, 0.05) is 23.5 Å². The maximum atomic E-state index is 12.1. The number of thiazole rings is 1. The molecule has 0 aliphatic rings. The van der Waals surface area contributed by atoms with Crippen LogP contribution in [0.5, 0.6) is 0 Å². The predicted octanol–water partition coefficient (Wildman–Crippen LogP) is 2.73. The zero-order chi connectivity index (χ0) is 17.4. The van der Waals surface area contributed by atoms with Crippen molar-refractivity contribution < 1.29 is 14.7 Å². The van der Waals surface area contributed by atoms with Crippen LogP contribution in [0.2, 0.25) is 0 Å². The minimum atomic E-state index is -0.867. The zero-order valence-electron chi connectivity index (χ0n) is 13.5. The van der Waals surface area contributed by atoms with Gasteiger partial charge < -0.3 is 15.7 Å². The summed E-state index contributed by atoms with van der Waals surface area (Å²) in [5.74, 6) is -0.867. The molecule has 1 aromatic carbocycles. The second-order valence-electron chi connectivity index (χ2n) is 5.53. The number of aliphatic carboxylic acids is 1. The first-order chi connectivity index (χ1) is 11.5. The Morgan fingerprint density at radius 1 is 1.29 bits per heavy atom. The first-order valence-electron chi connectivity index (χ1n) is 7.74. The van der Waals surface area contributed by atoms with E-state index in [0.29, 0.717) is 19.4 Å². The molecular weight excluding hydrogens is 326 g/mol. The summed E-state index contributed by atoms with van der Waals surface area (Å²) in [6.07, 6.45) is 0.995. The maximum Gasteiger partial charge on any atom is 0.315 e. The molecule has 0 fully saturated rings. The topological polar surface area (TPSA) is 91.3 Å². The fraction of sp³-hybridized carbons (Fsp3) is 0.353. The quantitative estimate of drug-likeness (QED) is 0.685. The molecule has 7 heteroatoms. The summed E-state index contributed by atoms with van der Waals surface area (Å²) in [5.41, 5.74) is 1.99. The van der Waals surface area contributed by atoms with Gasteiger partial charge in [-0.15, -0.1) is 11.3 Å². The Labute approximate surface area is 144 Å². The number of rotatable bonds is 8. The van der Waals surface area contributed by atoms with Gasteiger partial charge >= 0.3 is 12.0 Å². The predicted molar refractivity (Wildman–Crippen MR) is 93.0 cm³/mol. The van der Waals surface area contributed by atoms with E-state index in [9.17, 15) is 9.59 Å². The van der Waals surface area contributed by atoms with Crippen molar-refractivity contribution in [3.05, 3.63) is 52.0 Å². The van der Waals surface area contributed by atoms with E-state index in [-0.39, 0.29) is 18.5 Å². The molecule has 2 aromatic rings. The lowest BCUT2D eigenvalue weighted by molar-refractivity contribution is -0.137. The fourth-order valence-corrected chi connectivity index (χ4v) is 3.01. The molecule has 0 aliphatic carbocycles. The summed E-state index contributed by atoms with van der Waals surface area (Å²) < 4.78 is 0. The summed E-state index contributed by atoms with van der Waals surface area (Å²) in [6, 6.07) is 9.15. The summed E-state index contributed by atoms with van der Waals surface area (Å²) >= 11 is 1.50. The minimum Gasteiger partial charge on any atom is -0.481 e. The molecule has 128 valence electrons. The number of benzene rings is 1. The van der Waals surface area contributed by atoms with E-state index in [1.54, 1.807) is 0 Å². The average molecular weight is 347 g/mol. The number of nitrogens with one attached hydrogen (secondary N) is 2. The number of carbonyl (C=O) groups excluding carboxylic acids is 1. The largest absolute Gasteiger partial charge is 0.481 e.